The van der Waals surface area contributed by atoms with E-state index in [9.17, 15) is 0 Å². The molecule has 3 aromatic carbocycles. The van der Waals surface area contributed by atoms with Crippen LogP contribution in [0.2, 0.25) is 18.1 Å². The van der Waals surface area contributed by atoms with E-state index >= 15 is 0 Å². The zero-order valence-corrected chi connectivity index (χ0v) is 22.5. The topological polar surface area (TPSA) is 27.7 Å². The maximum absolute atomic E-state index is 6.64. The summed E-state index contributed by atoms with van der Waals surface area (Å²) in [4.78, 5) is 0. The second-order valence-electron chi connectivity index (χ2n) is 9.55. The molecule has 3 rings (SSSR count). The highest BCUT2D eigenvalue weighted by Crippen LogP contribution is 2.46. The van der Waals surface area contributed by atoms with Gasteiger partial charge in [-0.25, -0.2) is 0 Å². The van der Waals surface area contributed by atoms with Crippen molar-refractivity contribution in [2.75, 3.05) is 0 Å². The van der Waals surface area contributed by atoms with Crippen molar-refractivity contribution in [3.05, 3.63) is 87.9 Å². The minimum absolute atomic E-state index is 0.0912. The molecule has 3 nitrogen and oxygen atoms in total. The van der Waals surface area contributed by atoms with Gasteiger partial charge in [0.05, 0.1) is 4.47 Å². The smallest absolute Gasteiger partial charge is 0.250 e. The molecule has 0 aliphatic carbocycles. The Labute approximate surface area is 202 Å². The van der Waals surface area contributed by atoms with Crippen LogP contribution in [-0.2, 0) is 13.2 Å². The molecule has 0 spiro atoms. The van der Waals surface area contributed by atoms with E-state index in [1.54, 1.807) is 0 Å². The van der Waals surface area contributed by atoms with Crippen LogP contribution in [0.4, 0.5) is 0 Å². The molecular weight excluding hydrogens is 480 g/mol. The van der Waals surface area contributed by atoms with Crippen molar-refractivity contribution in [1.82, 2.24) is 0 Å². The highest BCUT2D eigenvalue weighted by molar-refractivity contribution is 9.10. The Hall–Kier alpha value is -2.24. The van der Waals surface area contributed by atoms with Crippen molar-refractivity contribution in [3.63, 3.8) is 0 Å². The fourth-order valence-electron chi connectivity index (χ4n) is 2.97. The molecule has 3 aromatic rings. The van der Waals surface area contributed by atoms with Gasteiger partial charge in [-0.05, 0) is 52.1 Å². The van der Waals surface area contributed by atoms with E-state index in [0.717, 1.165) is 32.7 Å². The van der Waals surface area contributed by atoms with E-state index in [-0.39, 0.29) is 5.04 Å². The predicted molar refractivity (Wildman–Crippen MR) is 138 cm³/mol. The summed E-state index contributed by atoms with van der Waals surface area (Å²) >= 11 is 3.77. The molecule has 5 heteroatoms. The SMILES string of the molecule is Cc1c(Br)c(O[Si](C)(C)C(C)(C)C)cc(OCc2ccccc2)c1OCc1ccccc1. The van der Waals surface area contributed by atoms with Crippen molar-refractivity contribution in [2.45, 2.75) is 59.0 Å². The Morgan fingerprint density at radius 1 is 0.781 bits per heavy atom. The normalized spacial score (nSPS) is 11.8. The van der Waals surface area contributed by atoms with Crippen LogP contribution in [0.25, 0.3) is 0 Å². The zero-order chi connectivity index (χ0) is 23.4. The summed E-state index contributed by atoms with van der Waals surface area (Å²) in [5.74, 6) is 2.24. The Bertz CT molecular complexity index is 1030. The standard InChI is InChI=1S/C27H33BrO3Si/c1-20-25(28)23(31-32(5,6)27(2,3)4)17-24(29-18-21-13-9-7-10-14-21)26(20)30-19-22-15-11-8-12-16-22/h7-17H,18-19H2,1-6H3. The molecule has 0 unspecified atom stereocenters. The molecule has 0 heterocycles. The maximum atomic E-state index is 6.64. The van der Waals surface area contributed by atoms with E-state index in [1.165, 1.54) is 0 Å². The Kier molecular flexibility index (Phi) is 7.73. The average molecular weight is 514 g/mol. The van der Waals surface area contributed by atoms with E-state index < -0.39 is 8.32 Å². The van der Waals surface area contributed by atoms with Crippen LogP contribution in [0.1, 0.15) is 37.5 Å². The van der Waals surface area contributed by atoms with Gasteiger partial charge in [-0.1, -0.05) is 81.4 Å². The van der Waals surface area contributed by atoms with Gasteiger partial charge in [0.15, 0.2) is 11.5 Å². The summed E-state index contributed by atoms with van der Waals surface area (Å²) in [5, 5.41) is 0.0912. The molecule has 0 amide bonds. The molecule has 0 fully saturated rings. The second kappa shape index (κ2) is 10.1. The summed E-state index contributed by atoms with van der Waals surface area (Å²) in [6.45, 7) is 14.2. The van der Waals surface area contributed by atoms with Crippen molar-refractivity contribution < 1.29 is 13.9 Å². The predicted octanol–water partition coefficient (Wildman–Crippen LogP) is 8.30. The molecule has 0 atom stereocenters. The molecule has 0 radical (unpaired) electrons. The molecule has 32 heavy (non-hydrogen) atoms. The first kappa shape index (κ1) is 24.4. The Morgan fingerprint density at radius 3 is 1.78 bits per heavy atom. The molecule has 0 bridgehead atoms. The van der Waals surface area contributed by atoms with Gasteiger partial charge in [0.2, 0.25) is 0 Å². The summed E-state index contributed by atoms with van der Waals surface area (Å²) in [5.41, 5.74) is 3.19. The first-order chi connectivity index (χ1) is 15.1. The van der Waals surface area contributed by atoms with Gasteiger partial charge in [-0.2, -0.15) is 0 Å². The lowest BCUT2D eigenvalue weighted by Gasteiger charge is -2.37. The Balaban J connectivity index is 1.95. The van der Waals surface area contributed by atoms with E-state index in [2.05, 4.69) is 74.1 Å². The van der Waals surface area contributed by atoms with Crippen LogP contribution in [0, 0.1) is 6.92 Å². The van der Waals surface area contributed by atoms with Gasteiger partial charge < -0.3 is 13.9 Å². The molecule has 0 saturated heterocycles. The van der Waals surface area contributed by atoms with Gasteiger partial charge in [0, 0.05) is 11.6 Å². The lowest BCUT2D eigenvalue weighted by Crippen LogP contribution is -2.44. The third-order valence-corrected chi connectivity index (χ3v) is 11.3. The van der Waals surface area contributed by atoms with Gasteiger partial charge in [0.1, 0.15) is 19.0 Å². The summed E-state index contributed by atoms with van der Waals surface area (Å²) < 4.78 is 20.1. The summed E-state index contributed by atoms with van der Waals surface area (Å²) in [6.07, 6.45) is 0. The summed E-state index contributed by atoms with van der Waals surface area (Å²) in [6, 6.07) is 22.3. The second-order valence-corrected chi connectivity index (χ2v) is 15.1. The lowest BCUT2D eigenvalue weighted by molar-refractivity contribution is 0.253. The first-order valence-electron chi connectivity index (χ1n) is 10.9. The first-order valence-corrected chi connectivity index (χ1v) is 14.6. The fourth-order valence-corrected chi connectivity index (χ4v) is 4.51. The third-order valence-electron chi connectivity index (χ3n) is 6.01. The van der Waals surface area contributed by atoms with Crippen molar-refractivity contribution in [2.24, 2.45) is 0 Å². The van der Waals surface area contributed by atoms with Gasteiger partial charge in [0.25, 0.3) is 8.32 Å². The molecule has 0 N–H and O–H groups in total. The number of hydrogen-bond donors (Lipinski definition) is 0. The average Bonchev–Trinajstić information content (AvgIpc) is 2.75. The highest BCUT2D eigenvalue weighted by Gasteiger charge is 2.39. The number of benzene rings is 3. The molecule has 0 aliphatic rings. The fraction of sp³-hybridized carbons (Fsp3) is 0.333. The van der Waals surface area contributed by atoms with Crippen molar-refractivity contribution in [3.8, 4) is 17.2 Å². The quantitative estimate of drug-likeness (QED) is 0.284. The number of hydrogen-bond acceptors (Lipinski definition) is 3. The van der Waals surface area contributed by atoms with Crippen LogP contribution in [-0.4, -0.2) is 8.32 Å². The molecule has 170 valence electrons. The number of halogens is 1. The molecule has 0 saturated carbocycles. The van der Waals surface area contributed by atoms with E-state index in [0.29, 0.717) is 19.0 Å². The van der Waals surface area contributed by atoms with Crippen LogP contribution in [0.15, 0.2) is 71.2 Å². The monoisotopic (exact) mass is 512 g/mol. The zero-order valence-electron chi connectivity index (χ0n) is 19.9. The summed E-state index contributed by atoms with van der Waals surface area (Å²) in [7, 11) is -2.02. The minimum Gasteiger partial charge on any atom is -0.543 e. The molecule has 0 aliphatic heterocycles. The van der Waals surface area contributed by atoms with Crippen LogP contribution < -0.4 is 13.9 Å². The minimum atomic E-state index is -2.02. The number of ether oxygens (including phenoxy) is 2. The van der Waals surface area contributed by atoms with Crippen LogP contribution in [0.3, 0.4) is 0 Å². The largest absolute Gasteiger partial charge is 0.543 e. The number of rotatable bonds is 8. The Morgan fingerprint density at radius 2 is 1.28 bits per heavy atom. The molecule has 0 aromatic heterocycles. The van der Waals surface area contributed by atoms with Gasteiger partial charge in [-0.3, -0.25) is 0 Å². The molecular formula is C27H33BrO3Si. The highest BCUT2D eigenvalue weighted by atomic mass is 79.9. The van der Waals surface area contributed by atoms with Crippen LogP contribution in [0.5, 0.6) is 17.2 Å². The third kappa shape index (κ3) is 5.96. The van der Waals surface area contributed by atoms with Gasteiger partial charge >= 0.3 is 0 Å². The van der Waals surface area contributed by atoms with Crippen LogP contribution >= 0.6 is 15.9 Å². The van der Waals surface area contributed by atoms with E-state index in [1.807, 2.05) is 49.4 Å². The maximum Gasteiger partial charge on any atom is 0.250 e. The van der Waals surface area contributed by atoms with E-state index in [4.69, 9.17) is 13.9 Å². The van der Waals surface area contributed by atoms with Gasteiger partial charge in [-0.15, -0.1) is 0 Å². The lowest BCUT2D eigenvalue weighted by atomic mass is 10.2. The van der Waals surface area contributed by atoms with Crippen molar-refractivity contribution in [1.29, 1.82) is 0 Å². The van der Waals surface area contributed by atoms with Crippen molar-refractivity contribution >= 4 is 24.2 Å².